The van der Waals surface area contributed by atoms with Crippen LogP contribution in [-0.4, -0.2) is 17.9 Å². The Bertz CT molecular complexity index is 674. The maximum Gasteiger partial charge on any atom is 0.279 e. The molecule has 0 spiro atoms. The summed E-state index contributed by atoms with van der Waals surface area (Å²) in [6, 6.07) is 14.9. The van der Waals surface area contributed by atoms with Gasteiger partial charge in [-0.1, -0.05) is 30.3 Å². The van der Waals surface area contributed by atoms with E-state index in [1.54, 1.807) is 0 Å². The molecule has 0 bridgehead atoms. The van der Waals surface area contributed by atoms with Crippen molar-refractivity contribution in [3.63, 3.8) is 0 Å². The number of hydrazine groups is 1. The third-order valence-electron chi connectivity index (χ3n) is 3.30. The number of carbonyl (C=O) groups is 2. The van der Waals surface area contributed by atoms with Crippen molar-refractivity contribution < 1.29 is 18.7 Å². The van der Waals surface area contributed by atoms with Gasteiger partial charge in [0.25, 0.3) is 5.91 Å². The Hall–Kier alpha value is -2.89. The summed E-state index contributed by atoms with van der Waals surface area (Å²) >= 11 is 0. The number of aryl methyl sites for hydroxylation is 1. The highest BCUT2D eigenvalue weighted by Gasteiger charge is 2.15. The van der Waals surface area contributed by atoms with Gasteiger partial charge in [-0.05, 0) is 43.2 Å². The zero-order valence-electron chi connectivity index (χ0n) is 13.3. The van der Waals surface area contributed by atoms with E-state index in [4.69, 9.17) is 4.74 Å². The lowest BCUT2D eigenvalue weighted by Gasteiger charge is -2.15. The highest BCUT2D eigenvalue weighted by Crippen LogP contribution is 2.12. The van der Waals surface area contributed by atoms with Crippen LogP contribution in [0.25, 0.3) is 0 Å². The first kappa shape index (κ1) is 17.5. The lowest BCUT2D eigenvalue weighted by Crippen LogP contribution is -2.47. The molecule has 0 radical (unpaired) electrons. The molecular formula is C18H19FN2O3. The van der Waals surface area contributed by atoms with Crippen molar-refractivity contribution in [3.8, 4) is 5.75 Å². The van der Waals surface area contributed by atoms with Crippen molar-refractivity contribution >= 4 is 11.8 Å². The molecule has 1 atom stereocenters. The summed E-state index contributed by atoms with van der Waals surface area (Å²) in [7, 11) is 0. The lowest BCUT2D eigenvalue weighted by atomic mass is 10.1. The van der Waals surface area contributed by atoms with Crippen molar-refractivity contribution in [1.82, 2.24) is 10.9 Å². The van der Waals surface area contributed by atoms with Gasteiger partial charge in [0.15, 0.2) is 6.10 Å². The normalized spacial score (nSPS) is 11.4. The Morgan fingerprint density at radius 3 is 2.38 bits per heavy atom. The number of hydrogen-bond acceptors (Lipinski definition) is 3. The minimum Gasteiger partial charge on any atom is -0.481 e. The number of halogens is 1. The van der Waals surface area contributed by atoms with E-state index >= 15 is 0 Å². The zero-order chi connectivity index (χ0) is 17.4. The fraction of sp³-hybridized carbons (Fsp3) is 0.222. The first-order chi connectivity index (χ1) is 11.5. The predicted octanol–water partition coefficient (Wildman–Crippen LogP) is 2.37. The van der Waals surface area contributed by atoms with Gasteiger partial charge in [0.05, 0.1) is 0 Å². The maximum atomic E-state index is 12.8. The maximum absolute atomic E-state index is 12.8. The molecule has 2 amide bonds. The number of rotatable bonds is 6. The van der Waals surface area contributed by atoms with Gasteiger partial charge in [0.2, 0.25) is 5.91 Å². The van der Waals surface area contributed by atoms with Crippen LogP contribution in [0.1, 0.15) is 18.9 Å². The summed E-state index contributed by atoms with van der Waals surface area (Å²) in [5.74, 6) is -0.798. The van der Waals surface area contributed by atoms with E-state index in [1.807, 2.05) is 30.3 Å². The second kappa shape index (κ2) is 8.67. The van der Waals surface area contributed by atoms with Crippen LogP contribution in [-0.2, 0) is 16.0 Å². The number of hydrogen-bond donors (Lipinski definition) is 2. The average Bonchev–Trinajstić information content (AvgIpc) is 2.60. The standard InChI is InChI=1S/C18H19FN2O3/c1-13(24-16-10-8-15(19)9-11-16)18(23)21-20-17(22)12-7-14-5-3-2-4-6-14/h2-6,8-11,13H,7,12H2,1H3,(H,20,22)(H,21,23)/t13-/m1/s1. The summed E-state index contributed by atoms with van der Waals surface area (Å²) in [6.45, 7) is 1.54. The first-order valence-electron chi connectivity index (χ1n) is 7.59. The van der Waals surface area contributed by atoms with Crippen molar-refractivity contribution in [1.29, 1.82) is 0 Å². The van der Waals surface area contributed by atoms with Crippen LogP contribution in [0.4, 0.5) is 4.39 Å². The fourth-order valence-electron chi connectivity index (χ4n) is 1.97. The Morgan fingerprint density at radius 2 is 1.71 bits per heavy atom. The topological polar surface area (TPSA) is 67.4 Å². The molecule has 5 nitrogen and oxygen atoms in total. The van der Waals surface area contributed by atoms with Crippen LogP contribution in [0.3, 0.4) is 0 Å². The van der Waals surface area contributed by atoms with Crippen LogP contribution in [0.15, 0.2) is 54.6 Å². The van der Waals surface area contributed by atoms with Gasteiger partial charge in [0, 0.05) is 6.42 Å². The Kier molecular flexibility index (Phi) is 6.31. The van der Waals surface area contributed by atoms with E-state index in [0.29, 0.717) is 12.2 Å². The van der Waals surface area contributed by atoms with Gasteiger partial charge in [-0.2, -0.15) is 0 Å². The summed E-state index contributed by atoms with van der Waals surface area (Å²) in [5, 5.41) is 0. The SMILES string of the molecule is C[C@@H](Oc1ccc(F)cc1)C(=O)NNC(=O)CCc1ccccc1. The number of amides is 2. The van der Waals surface area contributed by atoms with E-state index in [9.17, 15) is 14.0 Å². The average molecular weight is 330 g/mol. The molecule has 2 aromatic rings. The number of benzene rings is 2. The molecule has 6 heteroatoms. The Morgan fingerprint density at radius 1 is 1.04 bits per heavy atom. The Balaban J connectivity index is 1.71. The van der Waals surface area contributed by atoms with Crippen molar-refractivity contribution in [3.05, 3.63) is 66.0 Å². The number of nitrogens with one attached hydrogen (secondary N) is 2. The summed E-state index contributed by atoms with van der Waals surface area (Å²) in [6.07, 6.45) is 0.0201. The van der Waals surface area contributed by atoms with Crippen molar-refractivity contribution in [2.24, 2.45) is 0 Å². The molecule has 0 unspecified atom stereocenters. The highest BCUT2D eigenvalue weighted by atomic mass is 19.1. The molecule has 0 saturated heterocycles. The molecule has 0 aliphatic heterocycles. The monoisotopic (exact) mass is 330 g/mol. The molecular weight excluding hydrogens is 311 g/mol. The second-order valence-electron chi connectivity index (χ2n) is 5.24. The fourth-order valence-corrected chi connectivity index (χ4v) is 1.97. The molecule has 0 fully saturated rings. The van der Waals surface area contributed by atoms with Gasteiger partial charge in [0.1, 0.15) is 11.6 Å². The molecule has 2 rings (SSSR count). The highest BCUT2D eigenvalue weighted by molar-refractivity contribution is 5.84. The van der Waals surface area contributed by atoms with E-state index in [-0.39, 0.29) is 18.1 Å². The molecule has 2 N–H and O–H groups in total. The van der Waals surface area contributed by atoms with E-state index in [0.717, 1.165) is 5.56 Å². The van der Waals surface area contributed by atoms with Gasteiger partial charge >= 0.3 is 0 Å². The molecule has 0 aliphatic carbocycles. The van der Waals surface area contributed by atoms with E-state index in [2.05, 4.69) is 10.9 Å². The molecule has 0 aliphatic rings. The molecule has 0 aromatic heterocycles. The number of carbonyl (C=O) groups excluding carboxylic acids is 2. The number of ether oxygens (including phenoxy) is 1. The molecule has 0 heterocycles. The zero-order valence-corrected chi connectivity index (χ0v) is 13.3. The predicted molar refractivity (Wildman–Crippen MR) is 87.5 cm³/mol. The van der Waals surface area contributed by atoms with Gasteiger partial charge in [-0.25, -0.2) is 4.39 Å². The summed E-state index contributed by atoms with van der Waals surface area (Å²) in [5.41, 5.74) is 5.71. The van der Waals surface area contributed by atoms with Crippen LogP contribution in [0.2, 0.25) is 0 Å². The molecule has 126 valence electrons. The second-order valence-corrected chi connectivity index (χ2v) is 5.24. The van der Waals surface area contributed by atoms with Crippen LogP contribution in [0, 0.1) is 5.82 Å². The van der Waals surface area contributed by atoms with Gasteiger partial charge < -0.3 is 4.74 Å². The molecule has 24 heavy (non-hydrogen) atoms. The third kappa shape index (κ3) is 5.72. The molecule has 2 aromatic carbocycles. The smallest absolute Gasteiger partial charge is 0.279 e. The molecule has 0 saturated carbocycles. The lowest BCUT2D eigenvalue weighted by molar-refractivity contribution is -0.132. The minimum atomic E-state index is -0.829. The van der Waals surface area contributed by atoms with E-state index in [1.165, 1.54) is 31.2 Å². The van der Waals surface area contributed by atoms with Crippen LogP contribution >= 0.6 is 0 Å². The third-order valence-corrected chi connectivity index (χ3v) is 3.30. The summed E-state index contributed by atoms with van der Waals surface area (Å²) in [4.78, 5) is 23.6. The summed E-state index contributed by atoms with van der Waals surface area (Å²) < 4.78 is 18.2. The van der Waals surface area contributed by atoms with Crippen LogP contribution < -0.4 is 15.6 Å². The largest absolute Gasteiger partial charge is 0.481 e. The van der Waals surface area contributed by atoms with Crippen molar-refractivity contribution in [2.45, 2.75) is 25.9 Å². The van der Waals surface area contributed by atoms with Crippen LogP contribution in [0.5, 0.6) is 5.75 Å². The van der Waals surface area contributed by atoms with E-state index < -0.39 is 12.0 Å². The van der Waals surface area contributed by atoms with Gasteiger partial charge in [-0.15, -0.1) is 0 Å². The van der Waals surface area contributed by atoms with Gasteiger partial charge in [-0.3, -0.25) is 20.4 Å². The Labute approximate surface area is 139 Å². The minimum absolute atomic E-state index is 0.261. The first-order valence-corrected chi connectivity index (χ1v) is 7.59. The quantitative estimate of drug-likeness (QED) is 0.799. The van der Waals surface area contributed by atoms with Crippen molar-refractivity contribution in [2.75, 3.05) is 0 Å².